The van der Waals surface area contributed by atoms with Gasteiger partial charge in [0.25, 0.3) is 5.91 Å². The van der Waals surface area contributed by atoms with Crippen LogP contribution in [0.4, 0.5) is 0 Å². The lowest BCUT2D eigenvalue weighted by atomic mass is 9.90. The Morgan fingerprint density at radius 3 is 2.52 bits per heavy atom. The minimum Gasteiger partial charge on any atom is -0.490 e. The molecule has 46 heavy (non-hydrogen) atoms. The van der Waals surface area contributed by atoms with Crippen molar-refractivity contribution in [2.45, 2.75) is 69.2 Å². The van der Waals surface area contributed by atoms with Crippen molar-refractivity contribution in [1.29, 1.82) is 0 Å². The molecule has 0 unspecified atom stereocenters. The second kappa shape index (κ2) is 14.5. The van der Waals surface area contributed by atoms with Crippen molar-refractivity contribution in [3.05, 3.63) is 100 Å². The fourth-order valence-electron chi connectivity index (χ4n) is 6.11. The van der Waals surface area contributed by atoms with Gasteiger partial charge in [-0.15, -0.1) is 11.8 Å². The second-order valence-electron chi connectivity index (χ2n) is 12.4. The van der Waals surface area contributed by atoms with Crippen molar-refractivity contribution in [1.82, 2.24) is 15.5 Å². The molecule has 3 amide bonds. The van der Waals surface area contributed by atoms with Crippen LogP contribution in [0.3, 0.4) is 0 Å². The third kappa shape index (κ3) is 7.52. The number of benzene rings is 3. The predicted molar refractivity (Wildman–Crippen MR) is 178 cm³/mol. The average Bonchev–Trinajstić information content (AvgIpc) is 3.36. The van der Waals surface area contributed by atoms with Gasteiger partial charge in [-0.2, -0.15) is 0 Å². The third-order valence-corrected chi connectivity index (χ3v) is 10.4. The molecule has 3 aromatic rings. The van der Waals surface area contributed by atoms with Crippen LogP contribution in [0.15, 0.2) is 72.8 Å². The number of nitrogens with one attached hydrogen (secondary N) is 2. The molecule has 244 valence electrons. The third-order valence-electron chi connectivity index (χ3n) is 8.70. The van der Waals surface area contributed by atoms with E-state index in [0.29, 0.717) is 16.3 Å². The van der Waals surface area contributed by atoms with Crippen LogP contribution in [0.2, 0.25) is 5.02 Å². The molecule has 1 saturated heterocycles. The molecule has 4 N–H and O–H groups in total. The average molecular weight is 666 g/mol. The van der Waals surface area contributed by atoms with Crippen LogP contribution in [0, 0.1) is 12.8 Å². The molecule has 2 aliphatic rings. The Kier molecular flexibility index (Phi) is 10.6. The zero-order chi connectivity index (χ0) is 33.0. The number of para-hydroxylation sites is 1. The number of rotatable bonds is 10. The summed E-state index contributed by atoms with van der Waals surface area (Å²) in [5.41, 5.74) is 3.25. The summed E-state index contributed by atoms with van der Waals surface area (Å²) in [4.78, 5) is 42.6. The van der Waals surface area contributed by atoms with E-state index in [2.05, 4.69) is 10.6 Å². The lowest BCUT2D eigenvalue weighted by Gasteiger charge is -2.33. The number of hydrogen-bond acceptors (Lipinski definition) is 7. The van der Waals surface area contributed by atoms with E-state index in [0.717, 1.165) is 16.7 Å². The van der Waals surface area contributed by atoms with Crippen LogP contribution in [-0.2, 0) is 27.3 Å². The van der Waals surface area contributed by atoms with Gasteiger partial charge in [-0.05, 0) is 62.4 Å². The van der Waals surface area contributed by atoms with Gasteiger partial charge in [0.05, 0.1) is 11.9 Å². The van der Waals surface area contributed by atoms with Gasteiger partial charge in [-0.3, -0.25) is 14.4 Å². The predicted octanol–water partition coefficient (Wildman–Crippen LogP) is 4.17. The second-order valence-corrected chi connectivity index (χ2v) is 14.4. The van der Waals surface area contributed by atoms with E-state index >= 15 is 0 Å². The van der Waals surface area contributed by atoms with Crippen molar-refractivity contribution in [3.63, 3.8) is 0 Å². The monoisotopic (exact) mass is 665 g/mol. The van der Waals surface area contributed by atoms with Gasteiger partial charge in [0.2, 0.25) is 11.8 Å². The minimum absolute atomic E-state index is 0.0222. The quantitative estimate of drug-likeness (QED) is 0.256. The van der Waals surface area contributed by atoms with E-state index in [-0.39, 0.29) is 37.8 Å². The number of nitrogens with zero attached hydrogens (tertiary/aromatic N) is 1. The number of halogens is 1. The number of amides is 3. The fourth-order valence-corrected chi connectivity index (χ4v) is 7.54. The highest BCUT2D eigenvalue weighted by molar-refractivity contribution is 8.00. The van der Waals surface area contributed by atoms with Gasteiger partial charge in [-0.25, -0.2) is 0 Å². The highest BCUT2D eigenvalue weighted by Crippen LogP contribution is 2.40. The van der Waals surface area contributed by atoms with E-state index in [4.69, 9.17) is 16.3 Å². The molecule has 0 spiro atoms. The summed E-state index contributed by atoms with van der Waals surface area (Å²) in [6.45, 7) is 5.93. The van der Waals surface area contributed by atoms with Crippen LogP contribution in [0.5, 0.6) is 5.75 Å². The first-order chi connectivity index (χ1) is 22.0. The Balaban J connectivity index is 1.32. The number of aliphatic hydroxyl groups excluding tert-OH is 2. The molecule has 11 heteroatoms. The number of aliphatic hydroxyl groups is 2. The summed E-state index contributed by atoms with van der Waals surface area (Å²) < 4.78 is 5.00. The summed E-state index contributed by atoms with van der Waals surface area (Å²) in [7, 11) is 0. The summed E-state index contributed by atoms with van der Waals surface area (Å²) in [6, 6.07) is 20.5. The van der Waals surface area contributed by atoms with Crippen LogP contribution < -0.4 is 15.4 Å². The standard InChI is InChI=1S/C35H40ClN3O6S/c1-21-10-9-14-26(36)25(21)18-37-33(43)31-35(2,3)46-20-39(31)34(44)27(40)17-23(16-22-11-5-4-6-12-22)32(42)38-30-24-13-7-8-15-29(24)45-19-28(30)41/h4-15,23,27-28,30-31,40-41H,16-20H2,1-3H3,(H,37,43)(H,38,42)/t23-,27+,28-,30+,31-/m1/s1. The van der Waals surface area contributed by atoms with Crippen molar-refractivity contribution in [3.8, 4) is 5.75 Å². The number of hydrogen-bond donors (Lipinski definition) is 4. The van der Waals surface area contributed by atoms with Crippen LogP contribution in [-0.4, -0.2) is 68.3 Å². The van der Waals surface area contributed by atoms with Gasteiger partial charge >= 0.3 is 0 Å². The number of ether oxygens (including phenoxy) is 1. The summed E-state index contributed by atoms with van der Waals surface area (Å²) >= 11 is 7.82. The zero-order valence-corrected chi connectivity index (χ0v) is 27.7. The van der Waals surface area contributed by atoms with Crippen LogP contribution >= 0.6 is 23.4 Å². The zero-order valence-electron chi connectivity index (χ0n) is 26.1. The summed E-state index contributed by atoms with van der Waals surface area (Å²) in [6.07, 6.45) is -2.42. The molecule has 1 fully saturated rings. The number of carbonyl (C=O) groups excluding carboxylic acids is 3. The first-order valence-corrected chi connectivity index (χ1v) is 16.7. The summed E-state index contributed by atoms with van der Waals surface area (Å²) in [5.74, 6) is -1.38. The van der Waals surface area contributed by atoms with E-state index in [1.165, 1.54) is 16.7 Å². The number of fused-ring (bicyclic) bond motifs is 1. The van der Waals surface area contributed by atoms with Gasteiger partial charge < -0.3 is 30.5 Å². The molecule has 0 saturated carbocycles. The lowest BCUT2D eigenvalue weighted by molar-refractivity contribution is -0.147. The summed E-state index contributed by atoms with van der Waals surface area (Å²) in [5, 5.41) is 28.5. The molecule has 3 aromatic carbocycles. The molecule has 0 bridgehead atoms. The minimum atomic E-state index is -1.54. The molecule has 5 rings (SSSR count). The normalized spacial score (nSPS) is 21.4. The number of carbonyl (C=O) groups is 3. The Hall–Kier alpha value is -3.57. The van der Waals surface area contributed by atoms with E-state index in [1.54, 1.807) is 24.3 Å². The molecule has 5 atom stereocenters. The maximum absolute atomic E-state index is 13.8. The Morgan fingerprint density at radius 2 is 1.78 bits per heavy atom. The molecule has 2 aliphatic heterocycles. The molecule has 9 nitrogen and oxygen atoms in total. The lowest BCUT2D eigenvalue weighted by Crippen LogP contribution is -2.55. The SMILES string of the molecule is Cc1cccc(Cl)c1CNC(=O)[C@H]1N(C(=O)[C@@H](O)C[C@@H](Cc2ccccc2)C(=O)N[C@H]2c3ccccc3OC[C@H]2O)CSC1(C)C. The number of aryl methyl sites for hydroxylation is 1. The molecule has 0 aliphatic carbocycles. The van der Waals surface area contributed by atoms with Crippen LogP contribution in [0.25, 0.3) is 0 Å². The first kappa shape index (κ1) is 33.8. The molecule has 0 aromatic heterocycles. The molecule has 2 heterocycles. The number of thioether (sulfide) groups is 1. The van der Waals surface area contributed by atoms with E-state index < -0.39 is 46.8 Å². The van der Waals surface area contributed by atoms with Crippen molar-refractivity contribution >= 4 is 41.1 Å². The maximum Gasteiger partial charge on any atom is 0.252 e. The highest BCUT2D eigenvalue weighted by Gasteiger charge is 2.49. The molecule has 0 radical (unpaired) electrons. The Bertz CT molecular complexity index is 1550. The van der Waals surface area contributed by atoms with Crippen molar-refractivity contribution in [2.75, 3.05) is 12.5 Å². The molecular weight excluding hydrogens is 626 g/mol. The Labute approximate surface area is 278 Å². The topological polar surface area (TPSA) is 128 Å². The highest BCUT2D eigenvalue weighted by atomic mass is 35.5. The largest absolute Gasteiger partial charge is 0.490 e. The Morgan fingerprint density at radius 1 is 1.07 bits per heavy atom. The smallest absolute Gasteiger partial charge is 0.252 e. The fraction of sp³-hybridized carbons (Fsp3) is 0.400. The van der Waals surface area contributed by atoms with Crippen molar-refractivity contribution < 1.29 is 29.3 Å². The molecular formula is C35H40ClN3O6S. The maximum atomic E-state index is 13.8. The van der Waals surface area contributed by atoms with Crippen molar-refractivity contribution in [2.24, 2.45) is 5.92 Å². The van der Waals surface area contributed by atoms with E-state index in [1.807, 2.05) is 69.3 Å². The van der Waals surface area contributed by atoms with Gasteiger partial charge in [-0.1, -0.05) is 72.3 Å². The van der Waals surface area contributed by atoms with Crippen LogP contribution in [0.1, 0.15) is 48.6 Å². The van der Waals surface area contributed by atoms with Gasteiger partial charge in [0.1, 0.15) is 30.6 Å². The van der Waals surface area contributed by atoms with Gasteiger partial charge in [0, 0.05) is 27.8 Å². The first-order valence-electron chi connectivity index (χ1n) is 15.3. The van der Waals surface area contributed by atoms with Gasteiger partial charge in [0.15, 0.2) is 0 Å². The van der Waals surface area contributed by atoms with E-state index in [9.17, 15) is 24.6 Å².